The molecule has 0 aromatic heterocycles. The third-order valence-electron chi connectivity index (χ3n) is 4.07. The van der Waals surface area contributed by atoms with Crippen molar-refractivity contribution in [1.29, 1.82) is 0 Å². The Morgan fingerprint density at radius 2 is 2.10 bits per heavy atom. The monoisotopic (exact) mass is 308 g/mol. The van der Waals surface area contributed by atoms with Gasteiger partial charge in [-0.2, -0.15) is 0 Å². The standard InChI is InChI=1S/C16H21ClN2O2/c1-18-15(21)9-11-19-16(10-5-4-8-14(16)20)12-6-2-3-7-13(12)17/h2-3,6-7,19H,4-5,8-11H2,1H3,(H,18,21). The molecule has 1 aliphatic carbocycles. The largest absolute Gasteiger partial charge is 0.359 e. The zero-order chi connectivity index (χ0) is 15.3. The molecule has 2 N–H and O–H groups in total. The van der Waals surface area contributed by atoms with Crippen molar-refractivity contribution < 1.29 is 9.59 Å². The predicted octanol–water partition coefficient (Wildman–Crippen LogP) is 2.40. The van der Waals surface area contributed by atoms with Crippen molar-refractivity contribution >= 4 is 23.3 Å². The van der Waals surface area contributed by atoms with E-state index in [2.05, 4.69) is 10.6 Å². The van der Waals surface area contributed by atoms with Gasteiger partial charge < -0.3 is 10.6 Å². The maximum Gasteiger partial charge on any atom is 0.221 e. The summed E-state index contributed by atoms with van der Waals surface area (Å²) in [5, 5.41) is 6.50. The van der Waals surface area contributed by atoms with Crippen LogP contribution in [0.25, 0.3) is 0 Å². The van der Waals surface area contributed by atoms with E-state index in [0.29, 0.717) is 24.4 Å². The summed E-state index contributed by atoms with van der Waals surface area (Å²) in [6, 6.07) is 7.46. The van der Waals surface area contributed by atoms with Crippen LogP contribution in [0, 0.1) is 0 Å². The first-order valence-corrected chi connectivity index (χ1v) is 7.72. The van der Waals surface area contributed by atoms with Gasteiger partial charge in [0.25, 0.3) is 0 Å². The summed E-state index contributed by atoms with van der Waals surface area (Å²) in [5.41, 5.74) is 0.0817. The summed E-state index contributed by atoms with van der Waals surface area (Å²) in [6.07, 6.45) is 3.52. The number of halogens is 1. The number of Topliss-reactive ketones (excluding diaryl/α,β-unsaturated/α-hetero) is 1. The van der Waals surface area contributed by atoms with Crippen LogP contribution >= 0.6 is 11.6 Å². The predicted molar refractivity (Wildman–Crippen MR) is 83.3 cm³/mol. The molecule has 1 aromatic carbocycles. The van der Waals surface area contributed by atoms with E-state index in [9.17, 15) is 9.59 Å². The molecule has 2 rings (SSSR count). The maximum atomic E-state index is 12.6. The molecule has 1 aromatic rings. The van der Waals surface area contributed by atoms with Gasteiger partial charge in [0, 0.05) is 31.5 Å². The van der Waals surface area contributed by atoms with Crippen LogP contribution in [0.1, 0.15) is 37.7 Å². The molecule has 1 unspecified atom stereocenters. The van der Waals surface area contributed by atoms with Gasteiger partial charge in [0.15, 0.2) is 5.78 Å². The summed E-state index contributed by atoms with van der Waals surface area (Å²) < 4.78 is 0. The van der Waals surface area contributed by atoms with Gasteiger partial charge in [0.1, 0.15) is 5.54 Å². The first-order valence-electron chi connectivity index (χ1n) is 7.34. The quantitative estimate of drug-likeness (QED) is 0.878. The number of rotatable bonds is 5. The van der Waals surface area contributed by atoms with E-state index in [1.807, 2.05) is 18.2 Å². The summed E-state index contributed by atoms with van der Waals surface area (Å²) in [6.45, 7) is 0.455. The second-order valence-electron chi connectivity index (χ2n) is 5.37. The summed E-state index contributed by atoms with van der Waals surface area (Å²) >= 11 is 6.31. The van der Waals surface area contributed by atoms with Crippen molar-refractivity contribution in [3.8, 4) is 0 Å². The minimum Gasteiger partial charge on any atom is -0.359 e. The zero-order valence-corrected chi connectivity index (χ0v) is 13.0. The SMILES string of the molecule is CNC(=O)CCNC1(c2ccccc2Cl)CCCCC1=O. The number of hydrogen-bond donors (Lipinski definition) is 2. The zero-order valence-electron chi connectivity index (χ0n) is 12.2. The molecule has 0 spiro atoms. The summed E-state index contributed by atoms with van der Waals surface area (Å²) in [7, 11) is 1.61. The van der Waals surface area contributed by atoms with Crippen LogP contribution in [0.2, 0.25) is 5.02 Å². The Morgan fingerprint density at radius 1 is 1.33 bits per heavy atom. The molecule has 0 bridgehead atoms. The van der Waals surface area contributed by atoms with Crippen molar-refractivity contribution in [3.05, 3.63) is 34.9 Å². The fraction of sp³-hybridized carbons (Fsp3) is 0.500. The minimum atomic E-state index is -0.745. The lowest BCUT2D eigenvalue weighted by molar-refractivity contribution is -0.128. The highest BCUT2D eigenvalue weighted by atomic mass is 35.5. The van der Waals surface area contributed by atoms with Crippen LogP contribution in [0.5, 0.6) is 0 Å². The smallest absolute Gasteiger partial charge is 0.221 e. The highest BCUT2D eigenvalue weighted by Gasteiger charge is 2.42. The van der Waals surface area contributed by atoms with Crippen LogP contribution in [-0.2, 0) is 15.1 Å². The van der Waals surface area contributed by atoms with Crippen molar-refractivity contribution in [3.63, 3.8) is 0 Å². The number of benzene rings is 1. The molecule has 5 heteroatoms. The molecule has 0 saturated heterocycles. The number of amides is 1. The average Bonchev–Trinajstić information content (AvgIpc) is 2.49. The Labute approximate surface area is 130 Å². The van der Waals surface area contributed by atoms with Gasteiger partial charge in [0.2, 0.25) is 5.91 Å². The van der Waals surface area contributed by atoms with E-state index in [0.717, 1.165) is 24.8 Å². The van der Waals surface area contributed by atoms with E-state index in [4.69, 9.17) is 11.6 Å². The number of carbonyl (C=O) groups is 2. The molecule has 21 heavy (non-hydrogen) atoms. The number of carbonyl (C=O) groups excluding carboxylic acids is 2. The molecule has 0 aliphatic heterocycles. The molecule has 0 radical (unpaired) electrons. The van der Waals surface area contributed by atoms with Gasteiger partial charge in [-0.05, 0) is 24.5 Å². The van der Waals surface area contributed by atoms with E-state index in [1.54, 1.807) is 13.1 Å². The van der Waals surface area contributed by atoms with E-state index < -0.39 is 5.54 Å². The van der Waals surface area contributed by atoms with Gasteiger partial charge in [0.05, 0.1) is 0 Å². The van der Waals surface area contributed by atoms with Crippen LogP contribution in [0.3, 0.4) is 0 Å². The maximum absolute atomic E-state index is 12.6. The molecule has 1 amide bonds. The minimum absolute atomic E-state index is 0.0416. The number of ketones is 1. The number of nitrogens with one attached hydrogen (secondary N) is 2. The van der Waals surface area contributed by atoms with Crippen molar-refractivity contribution in [2.24, 2.45) is 0 Å². The van der Waals surface area contributed by atoms with E-state index >= 15 is 0 Å². The van der Waals surface area contributed by atoms with Gasteiger partial charge >= 0.3 is 0 Å². The Morgan fingerprint density at radius 3 is 2.76 bits per heavy atom. The molecule has 1 fully saturated rings. The Hall–Kier alpha value is -1.39. The fourth-order valence-corrected chi connectivity index (χ4v) is 3.21. The molecule has 114 valence electrons. The first-order chi connectivity index (χ1) is 10.1. The van der Waals surface area contributed by atoms with Gasteiger partial charge in [-0.1, -0.05) is 36.2 Å². The lowest BCUT2D eigenvalue weighted by atomic mass is 9.75. The number of hydrogen-bond acceptors (Lipinski definition) is 3. The Kier molecular flexibility index (Phi) is 5.37. The third kappa shape index (κ3) is 3.44. The molecule has 4 nitrogen and oxygen atoms in total. The van der Waals surface area contributed by atoms with Crippen LogP contribution < -0.4 is 10.6 Å². The lowest BCUT2D eigenvalue weighted by Crippen LogP contribution is -2.51. The Balaban J connectivity index is 2.25. The lowest BCUT2D eigenvalue weighted by Gasteiger charge is -2.37. The second kappa shape index (κ2) is 7.05. The van der Waals surface area contributed by atoms with Crippen molar-refractivity contribution in [1.82, 2.24) is 10.6 Å². The van der Waals surface area contributed by atoms with E-state index in [1.165, 1.54) is 0 Å². The normalized spacial score (nSPS) is 22.1. The molecule has 1 saturated carbocycles. The third-order valence-corrected chi connectivity index (χ3v) is 4.40. The molecular formula is C16H21ClN2O2. The highest BCUT2D eigenvalue weighted by molar-refractivity contribution is 6.31. The van der Waals surface area contributed by atoms with E-state index in [-0.39, 0.29) is 11.7 Å². The van der Waals surface area contributed by atoms with Crippen LogP contribution in [-0.4, -0.2) is 25.3 Å². The fourth-order valence-electron chi connectivity index (χ4n) is 2.92. The highest BCUT2D eigenvalue weighted by Crippen LogP contribution is 2.37. The van der Waals surface area contributed by atoms with Gasteiger partial charge in [-0.25, -0.2) is 0 Å². The summed E-state index contributed by atoms with van der Waals surface area (Å²) in [4.78, 5) is 24.0. The Bertz CT molecular complexity index is 533. The second-order valence-corrected chi connectivity index (χ2v) is 5.77. The van der Waals surface area contributed by atoms with Crippen molar-refractivity contribution in [2.75, 3.05) is 13.6 Å². The summed E-state index contributed by atoms with van der Waals surface area (Å²) in [5.74, 6) is 0.124. The topological polar surface area (TPSA) is 58.2 Å². The molecule has 0 heterocycles. The van der Waals surface area contributed by atoms with Crippen molar-refractivity contribution in [2.45, 2.75) is 37.6 Å². The molecular weight excluding hydrogens is 288 g/mol. The van der Waals surface area contributed by atoms with Gasteiger partial charge in [-0.3, -0.25) is 9.59 Å². The average molecular weight is 309 g/mol. The van der Waals surface area contributed by atoms with Crippen LogP contribution in [0.15, 0.2) is 24.3 Å². The molecule has 1 atom stereocenters. The first kappa shape index (κ1) is 16.0. The van der Waals surface area contributed by atoms with Crippen LogP contribution in [0.4, 0.5) is 0 Å². The molecule has 1 aliphatic rings. The van der Waals surface area contributed by atoms with Gasteiger partial charge in [-0.15, -0.1) is 0 Å².